The molecule has 0 aliphatic carbocycles. The third-order valence-electron chi connectivity index (χ3n) is 2.13. The molecule has 0 aromatic heterocycles. The first-order chi connectivity index (χ1) is 8.54. The molecule has 0 amide bonds. The van der Waals surface area contributed by atoms with Crippen molar-refractivity contribution in [2.24, 2.45) is 0 Å². The largest absolute Gasteiger partial charge is 0.465 e. The zero-order valence-corrected chi connectivity index (χ0v) is 10.0. The van der Waals surface area contributed by atoms with Crippen molar-refractivity contribution in [3.8, 4) is 11.8 Å². The van der Waals surface area contributed by atoms with E-state index in [4.69, 9.17) is 16.9 Å². The number of halogens is 3. The normalized spacial score (nSPS) is 10.0. The van der Waals surface area contributed by atoms with Crippen LogP contribution in [0.25, 0.3) is 0 Å². The van der Waals surface area contributed by atoms with Gasteiger partial charge in [0.05, 0.1) is 18.7 Å². The van der Waals surface area contributed by atoms with Crippen molar-refractivity contribution in [1.82, 2.24) is 0 Å². The quantitative estimate of drug-likeness (QED) is 0.626. The number of alkyl halides is 3. The van der Waals surface area contributed by atoms with Gasteiger partial charge in [0.15, 0.2) is 0 Å². The van der Waals surface area contributed by atoms with Crippen molar-refractivity contribution < 1.29 is 23.0 Å². The van der Waals surface area contributed by atoms with E-state index in [0.717, 1.165) is 13.2 Å². The Morgan fingerprint density at radius 1 is 1.56 bits per heavy atom. The predicted molar refractivity (Wildman–Crippen MR) is 58.7 cm³/mol. The maximum atomic E-state index is 12.2. The van der Waals surface area contributed by atoms with E-state index in [2.05, 4.69) is 9.47 Å². The van der Waals surface area contributed by atoms with Crippen LogP contribution in [0.4, 0.5) is 8.78 Å². The number of ether oxygens (including phenoxy) is 2. The lowest BCUT2D eigenvalue weighted by Gasteiger charge is -2.13. The molecule has 96 valence electrons. The lowest BCUT2D eigenvalue weighted by atomic mass is 10.0. The Hall–Kier alpha value is -1.87. The molecule has 0 unspecified atom stereocenters. The summed E-state index contributed by atoms with van der Waals surface area (Å²) in [7, 11) is 1.09. The Labute approximate surface area is 107 Å². The van der Waals surface area contributed by atoms with Crippen LogP contribution in [-0.4, -0.2) is 19.7 Å². The van der Waals surface area contributed by atoms with Crippen LogP contribution in [0.3, 0.4) is 0 Å². The second-order valence-electron chi connectivity index (χ2n) is 3.08. The van der Waals surface area contributed by atoms with Crippen LogP contribution in [0.2, 0.25) is 0 Å². The maximum absolute atomic E-state index is 12.2. The number of nitrogens with zero attached hydrogens (tertiary/aromatic N) is 1. The van der Waals surface area contributed by atoms with Gasteiger partial charge in [0.25, 0.3) is 0 Å². The zero-order chi connectivity index (χ0) is 13.7. The molecule has 0 N–H and O–H groups in total. The van der Waals surface area contributed by atoms with E-state index in [9.17, 15) is 13.6 Å². The van der Waals surface area contributed by atoms with Crippen molar-refractivity contribution in [3.63, 3.8) is 0 Å². The first-order valence-corrected chi connectivity index (χ1v) is 5.23. The smallest absolute Gasteiger partial charge is 0.387 e. The first-order valence-electron chi connectivity index (χ1n) is 4.70. The summed E-state index contributed by atoms with van der Waals surface area (Å²) in [6.07, 6.45) is 0. The second kappa shape index (κ2) is 6.17. The Morgan fingerprint density at radius 3 is 2.67 bits per heavy atom. The number of carbonyl (C=O) groups is 1. The van der Waals surface area contributed by atoms with E-state index in [1.807, 2.05) is 6.07 Å². The third kappa shape index (κ3) is 2.87. The summed E-state index contributed by atoms with van der Waals surface area (Å²) in [5.74, 6) is -1.46. The lowest BCUT2D eigenvalue weighted by molar-refractivity contribution is -0.0504. The van der Waals surface area contributed by atoms with E-state index in [1.54, 1.807) is 0 Å². The number of carbonyl (C=O) groups excluding carboxylic acids is 1. The van der Waals surface area contributed by atoms with E-state index in [1.165, 1.54) is 6.07 Å². The topological polar surface area (TPSA) is 59.3 Å². The Morgan fingerprint density at radius 2 is 2.22 bits per heavy atom. The average Bonchev–Trinajstić information content (AvgIpc) is 2.36. The molecule has 7 heteroatoms. The summed E-state index contributed by atoms with van der Waals surface area (Å²) in [6.45, 7) is -3.09. The minimum atomic E-state index is -3.09. The Kier molecular flexibility index (Phi) is 4.86. The average molecular weight is 276 g/mol. The summed E-state index contributed by atoms with van der Waals surface area (Å²) in [6, 6.07) is 4.17. The first kappa shape index (κ1) is 14.2. The monoisotopic (exact) mass is 275 g/mol. The van der Waals surface area contributed by atoms with Crippen molar-refractivity contribution >= 4 is 17.6 Å². The number of rotatable bonds is 4. The molecule has 0 spiro atoms. The highest BCUT2D eigenvalue weighted by molar-refractivity contribution is 6.18. The summed E-state index contributed by atoms with van der Waals surface area (Å²) < 4.78 is 33.1. The van der Waals surface area contributed by atoms with E-state index < -0.39 is 12.6 Å². The van der Waals surface area contributed by atoms with Crippen LogP contribution in [0.1, 0.15) is 21.5 Å². The molecular formula is C11H8ClF2NO3. The molecule has 0 saturated heterocycles. The van der Waals surface area contributed by atoms with E-state index >= 15 is 0 Å². The van der Waals surface area contributed by atoms with Gasteiger partial charge in [-0.3, -0.25) is 0 Å². The molecule has 0 bridgehead atoms. The summed E-state index contributed by atoms with van der Waals surface area (Å²) in [4.78, 5) is 11.5. The molecule has 0 atom stereocenters. The standard InChI is InChI=1S/C11H8ClF2NO3/c1-17-10(16)9-7(4-12)6(5-15)2-3-8(9)18-11(13)14/h2-3,11H,4H2,1H3. The number of esters is 1. The Balaban J connectivity index is 3.45. The number of nitriles is 1. The van der Waals surface area contributed by atoms with Crippen LogP contribution in [0.15, 0.2) is 12.1 Å². The lowest BCUT2D eigenvalue weighted by Crippen LogP contribution is -2.12. The zero-order valence-electron chi connectivity index (χ0n) is 9.25. The highest BCUT2D eigenvalue weighted by Crippen LogP contribution is 2.29. The minimum absolute atomic E-state index is 0.101. The molecule has 0 aliphatic rings. The van der Waals surface area contributed by atoms with Crippen LogP contribution < -0.4 is 4.74 Å². The maximum Gasteiger partial charge on any atom is 0.387 e. The summed E-state index contributed by atoms with van der Waals surface area (Å²) >= 11 is 5.62. The van der Waals surface area contributed by atoms with Crippen LogP contribution >= 0.6 is 11.6 Å². The summed E-state index contributed by atoms with van der Waals surface area (Å²) in [5, 5.41) is 8.85. The van der Waals surface area contributed by atoms with Gasteiger partial charge in [0.1, 0.15) is 11.3 Å². The SMILES string of the molecule is COC(=O)c1c(OC(F)F)ccc(C#N)c1CCl. The predicted octanol–water partition coefficient (Wildman–Crippen LogP) is 2.69. The highest BCUT2D eigenvalue weighted by atomic mass is 35.5. The molecular weight excluding hydrogens is 268 g/mol. The number of hydrogen-bond donors (Lipinski definition) is 0. The van der Waals surface area contributed by atoms with Crippen molar-refractivity contribution in [2.45, 2.75) is 12.5 Å². The van der Waals surface area contributed by atoms with Crippen LogP contribution in [-0.2, 0) is 10.6 Å². The van der Waals surface area contributed by atoms with Crippen LogP contribution in [0.5, 0.6) is 5.75 Å². The van der Waals surface area contributed by atoms with Crippen molar-refractivity contribution in [3.05, 3.63) is 28.8 Å². The van der Waals surface area contributed by atoms with Gasteiger partial charge in [0, 0.05) is 11.4 Å². The Bertz CT molecular complexity index is 500. The molecule has 0 radical (unpaired) electrons. The molecule has 0 heterocycles. The van der Waals surface area contributed by atoms with Gasteiger partial charge in [-0.15, -0.1) is 11.6 Å². The second-order valence-corrected chi connectivity index (χ2v) is 3.35. The number of benzene rings is 1. The van der Waals surface area contributed by atoms with Gasteiger partial charge in [-0.25, -0.2) is 4.79 Å². The van der Waals surface area contributed by atoms with Crippen molar-refractivity contribution in [2.75, 3.05) is 7.11 Å². The highest BCUT2D eigenvalue weighted by Gasteiger charge is 2.22. The molecule has 4 nitrogen and oxygen atoms in total. The fourth-order valence-electron chi connectivity index (χ4n) is 1.39. The van der Waals surface area contributed by atoms with Gasteiger partial charge in [-0.1, -0.05) is 0 Å². The molecule has 0 fully saturated rings. The van der Waals surface area contributed by atoms with Gasteiger partial charge < -0.3 is 9.47 Å². The van der Waals surface area contributed by atoms with E-state index in [0.29, 0.717) is 0 Å². The minimum Gasteiger partial charge on any atom is -0.465 e. The van der Waals surface area contributed by atoms with Gasteiger partial charge in [-0.05, 0) is 12.1 Å². The number of methoxy groups -OCH3 is 1. The van der Waals surface area contributed by atoms with Gasteiger partial charge in [-0.2, -0.15) is 14.0 Å². The van der Waals surface area contributed by atoms with Crippen LogP contribution in [0, 0.1) is 11.3 Å². The fraction of sp³-hybridized carbons (Fsp3) is 0.273. The molecule has 1 rings (SSSR count). The number of hydrogen-bond acceptors (Lipinski definition) is 4. The van der Waals surface area contributed by atoms with Gasteiger partial charge in [0.2, 0.25) is 0 Å². The van der Waals surface area contributed by atoms with Crippen molar-refractivity contribution in [1.29, 1.82) is 5.26 Å². The fourth-order valence-corrected chi connectivity index (χ4v) is 1.67. The van der Waals surface area contributed by atoms with Gasteiger partial charge >= 0.3 is 12.6 Å². The third-order valence-corrected chi connectivity index (χ3v) is 2.40. The van der Waals surface area contributed by atoms with E-state index in [-0.39, 0.29) is 28.3 Å². The molecule has 0 saturated carbocycles. The molecule has 18 heavy (non-hydrogen) atoms. The molecule has 1 aromatic carbocycles. The summed E-state index contributed by atoms with van der Waals surface area (Å²) in [5.41, 5.74) is -0.0527. The molecule has 0 aliphatic heterocycles. The molecule has 1 aromatic rings.